The zero-order valence-corrected chi connectivity index (χ0v) is 33.3. The van der Waals surface area contributed by atoms with Crippen molar-refractivity contribution in [1.29, 1.82) is 0 Å². The predicted molar refractivity (Wildman–Crippen MR) is 205 cm³/mol. The van der Waals surface area contributed by atoms with E-state index in [2.05, 4.69) is 0 Å². The standard InChI is InChI=1S/C42H54O9S/c1-40(2,3)37(46-10)49-31-19-13-27(14-20-31)30-25-34(28-15-21-32(22-16-28)50-38(47-11)41(4,5)6)36(52(43,44)45)35(26-30)29-17-23-33(24-18-29)51-39(48-12)42(7,8)9/h13-26,37-39H,1-12H3,(H,43,44,45). The minimum atomic E-state index is -4.74. The van der Waals surface area contributed by atoms with Crippen molar-refractivity contribution >= 4 is 10.1 Å². The summed E-state index contributed by atoms with van der Waals surface area (Å²) in [5.74, 6) is 1.73. The Hall–Kier alpha value is -3.93. The van der Waals surface area contributed by atoms with Crippen molar-refractivity contribution in [2.45, 2.75) is 86.1 Å². The van der Waals surface area contributed by atoms with E-state index in [-0.39, 0.29) is 21.1 Å². The normalized spacial score (nSPS) is 14.4. The van der Waals surface area contributed by atoms with E-state index in [1.165, 1.54) is 0 Å². The molecule has 0 aromatic heterocycles. The maximum absolute atomic E-state index is 13.3. The van der Waals surface area contributed by atoms with Gasteiger partial charge in [-0.3, -0.25) is 4.55 Å². The molecule has 4 aromatic rings. The third kappa shape index (κ3) is 10.1. The fraction of sp³-hybridized carbons (Fsp3) is 0.429. The van der Waals surface area contributed by atoms with Gasteiger partial charge in [-0.15, -0.1) is 0 Å². The highest BCUT2D eigenvalue weighted by Gasteiger charge is 2.29. The van der Waals surface area contributed by atoms with Crippen LogP contribution >= 0.6 is 0 Å². The number of hydrogen-bond donors (Lipinski definition) is 1. The van der Waals surface area contributed by atoms with Crippen molar-refractivity contribution in [1.82, 2.24) is 0 Å². The smallest absolute Gasteiger partial charge is 0.295 e. The van der Waals surface area contributed by atoms with Crippen molar-refractivity contribution in [2.24, 2.45) is 16.2 Å². The van der Waals surface area contributed by atoms with Crippen LogP contribution in [-0.2, 0) is 24.3 Å². The van der Waals surface area contributed by atoms with Crippen molar-refractivity contribution in [3.05, 3.63) is 84.9 Å². The second-order valence-corrected chi connectivity index (χ2v) is 17.5. The number of rotatable bonds is 13. The van der Waals surface area contributed by atoms with E-state index in [0.29, 0.717) is 39.5 Å². The number of methoxy groups -OCH3 is 3. The van der Waals surface area contributed by atoms with Gasteiger partial charge in [0.15, 0.2) is 0 Å². The Morgan fingerprint density at radius 3 is 0.962 bits per heavy atom. The molecule has 282 valence electrons. The van der Waals surface area contributed by atoms with Crippen LogP contribution in [0.1, 0.15) is 62.3 Å². The molecule has 0 saturated heterocycles. The highest BCUT2D eigenvalue weighted by atomic mass is 32.2. The first-order valence-electron chi connectivity index (χ1n) is 17.2. The molecule has 0 aliphatic carbocycles. The van der Waals surface area contributed by atoms with Gasteiger partial charge in [0.25, 0.3) is 10.1 Å². The van der Waals surface area contributed by atoms with Crippen molar-refractivity contribution < 1.29 is 41.4 Å². The molecule has 0 radical (unpaired) electrons. The highest BCUT2D eigenvalue weighted by molar-refractivity contribution is 7.86. The first kappa shape index (κ1) is 40.8. The molecule has 0 aliphatic rings. The Bertz CT molecular complexity index is 1790. The van der Waals surface area contributed by atoms with Gasteiger partial charge < -0.3 is 28.4 Å². The zero-order valence-electron chi connectivity index (χ0n) is 32.4. The first-order valence-corrected chi connectivity index (χ1v) is 18.6. The van der Waals surface area contributed by atoms with Gasteiger partial charge in [-0.25, -0.2) is 0 Å². The van der Waals surface area contributed by atoms with Crippen LogP contribution in [0, 0.1) is 16.2 Å². The fourth-order valence-electron chi connectivity index (χ4n) is 5.76. The van der Waals surface area contributed by atoms with Gasteiger partial charge in [0.1, 0.15) is 22.1 Å². The Balaban J connectivity index is 1.87. The summed E-state index contributed by atoms with van der Waals surface area (Å²) in [6.07, 6.45) is -1.48. The van der Waals surface area contributed by atoms with Crippen LogP contribution in [0.15, 0.2) is 89.8 Å². The average Bonchev–Trinajstić information content (AvgIpc) is 3.06. The van der Waals surface area contributed by atoms with Crippen molar-refractivity contribution in [2.75, 3.05) is 21.3 Å². The highest BCUT2D eigenvalue weighted by Crippen LogP contribution is 2.42. The molecule has 52 heavy (non-hydrogen) atoms. The second kappa shape index (κ2) is 16.0. The van der Waals surface area contributed by atoms with Gasteiger partial charge in [0.05, 0.1) is 0 Å². The topological polar surface area (TPSA) is 110 Å². The predicted octanol–water partition coefficient (Wildman–Crippen LogP) is 10.1. The van der Waals surface area contributed by atoms with Gasteiger partial charge in [-0.2, -0.15) is 8.42 Å². The second-order valence-electron chi connectivity index (χ2n) is 16.1. The summed E-state index contributed by atoms with van der Waals surface area (Å²) in [5.41, 5.74) is 2.47. The van der Waals surface area contributed by atoms with Crippen molar-refractivity contribution in [3.63, 3.8) is 0 Å². The molecular formula is C42H54O9S. The van der Waals surface area contributed by atoms with Crippen LogP contribution in [0.4, 0.5) is 0 Å². The van der Waals surface area contributed by atoms with E-state index >= 15 is 0 Å². The lowest BCUT2D eigenvalue weighted by molar-refractivity contribution is -0.120. The molecule has 1 N–H and O–H groups in total. The summed E-state index contributed by atoms with van der Waals surface area (Å²) in [7, 11) is 0.0583. The maximum Gasteiger partial charge on any atom is 0.295 e. The summed E-state index contributed by atoms with van der Waals surface area (Å²) in [6, 6.07) is 25.2. The number of hydrogen-bond acceptors (Lipinski definition) is 8. The molecule has 0 aliphatic heterocycles. The molecule has 9 nitrogen and oxygen atoms in total. The largest absolute Gasteiger partial charge is 0.464 e. The molecule has 0 fully saturated rings. The van der Waals surface area contributed by atoms with Gasteiger partial charge in [-0.05, 0) is 70.8 Å². The number of benzene rings is 4. The zero-order chi connectivity index (χ0) is 38.6. The lowest BCUT2D eigenvalue weighted by Crippen LogP contribution is -2.33. The lowest BCUT2D eigenvalue weighted by atomic mass is 9.93. The van der Waals surface area contributed by atoms with Gasteiger partial charge >= 0.3 is 0 Å². The van der Waals surface area contributed by atoms with E-state index in [9.17, 15) is 13.0 Å². The van der Waals surface area contributed by atoms with Crippen LogP contribution in [0.5, 0.6) is 17.2 Å². The lowest BCUT2D eigenvalue weighted by Gasteiger charge is -2.29. The molecule has 4 rings (SSSR count). The van der Waals surface area contributed by atoms with Crippen LogP contribution in [0.3, 0.4) is 0 Å². The van der Waals surface area contributed by atoms with E-state index in [1.54, 1.807) is 82.0 Å². The molecule has 0 amide bonds. The molecule has 0 heterocycles. The van der Waals surface area contributed by atoms with E-state index in [4.69, 9.17) is 28.4 Å². The molecule has 10 heteroatoms. The summed E-state index contributed by atoms with van der Waals surface area (Å²) >= 11 is 0. The summed E-state index contributed by atoms with van der Waals surface area (Å²) < 4.78 is 72.4. The number of ether oxygens (including phenoxy) is 6. The monoisotopic (exact) mass is 734 g/mol. The van der Waals surface area contributed by atoms with Crippen molar-refractivity contribution in [3.8, 4) is 50.6 Å². The third-order valence-electron chi connectivity index (χ3n) is 8.36. The van der Waals surface area contributed by atoms with Gasteiger partial charge in [0, 0.05) is 48.7 Å². The van der Waals surface area contributed by atoms with Gasteiger partial charge in [-0.1, -0.05) is 98.7 Å². The molecule has 0 bridgehead atoms. The minimum absolute atomic E-state index is 0.222. The summed E-state index contributed by atoms with van der Waals surface area (Å²) in [5, 5.41) is 0. The van der Waals surface area contributed by atoms with Crippen LogP contribution in [0.2, 0.25) is 0 Å². The molecule has 3 atom stereocenters. The first-order chi connectivity index (χ1) is 24.1. The summed E-state index contributed by atoms with van der Waals surface area (Å²) in [6.45, 7) is 18.2. The Labute approximate surface area is 309 Å². The van der Waals surface area contributed by atoms with E-state index < -0.39 is 29.0 Å². The molecule has 4 aromatic carbocycles. The third-order valence-corrected chi connectivity index (χ3v) is 9.31. The van der Waals surface area contributed by atoms with Crippen LogP contribution in [0.25, 0.3) is 33.4 Å². The molecular weight excluding hydrogens is 681 g/mol. The van der Waals surface area contributed by atoms with E-state index in [0.717, 1.165) is 11.1 Å². The Morgan fingerprint density at radius 2 is 0.731 bits per heavy atom. The molecule has 3 unspecified atom stereocenters. The Kier molecular flexibility index (Phi) is 12.5. The SMILES string of the molecule is COC(Oc1ccc(-c2cc(-c3ccc(OC(OC)C(C)(C)C)cc3)c(S(=O)(=O)O)c(-c3ccc(OC(OC)C(C)(C)C)cc3)c2)cc1)C(C)(C)C. The Morgan fingerprint density at radius 1 is 0.462 bits per heavy atom. The van der Waals surface area contributed by atoms with Crippen LogP contribution < -0.4 is 14.2 Å². The summed E-state index contributed by atoms with van der Waals surface area (Å²) in [4.78, 5) is -0.222. The molecule has 0 spiro atoms. The quantitative estimate of drug-likeness (QED) is 0.106. The fourth-order valence-corrected chi connectivity index (χ4v) is 6.67. The average molecular weight is 735 g/mol. The maximum atomic E-state index is 13.3. The van der Waals surface area contributed by atoms with Crippen LogP contribution in [-0.4, -0.2) is 53.2 Å². The molecule has 0 saturated carbocycles. The van der Waals surface area contributed by atoms with Gasteiger partial charge in [0.2, 0.25) is 18.9 Å². The van der Waals surface area contributed by atoms with E-state index in [1.807, 2.05) is 86.6 Å². The minimum Gasteiger partial charge on any atom is -0.464 e.